The van der Waals surface area contributed by atoms with Gasteiger partial charge in [-0.3, -0.25) is 14.5 Å². The van der Waals surface area contributed by atoms with Gasteiger partial charge < -0.3 is 5.32 Å². The normalized spacial score (nSPS) is 10.7. The van der Waals surface area contributed by atoms with Gasteiger partial charge in [-0.1, -0.05) is 18.2 Å². The van der Waals surface area contributed by atoms with Gasteiger partial charge in [0.25, 0.3) is 5.91 Å². The van der Waals surface area contributed by atoms with Crippen LogP contribution < -0.4 is 5.32 Å². The molecule has 1 aromatic heterocycles. The summed E-state index contributed by atoms with van der Waals surface area (Å²) in [5, 5.41) is 9.96. The lowest BCUT2D eigenvalue weighted by molar-refractivity contribution is 0.0949. The summed E-state index contributed by atoms with van der Waals surface area (Å²) in [6.45, 7) is 6.33. The van der Waals surface area contributed by atoms with E-state index < -0.39 is 0 Å². The SMILES string of the molecule is Cc1cccc(-n2c(CNC(=O)c3ccc(C)c(C)c3)n[nH]c2=S)c1. The van der Waals surface area contributed by atoms with E-state index in [-0.39, 0.29) is 12.5 Å². The quantitative estimate of drug-likeness (QED) is 0.702. The largest absolute Gasteiger partial charge is 0.345 e. The van der Waals surface area contributed by atoms with Crippen molar-refractivity contribution in [2.45, 2.75) is 27.3 Å². The minimum absolute atomic E-state index is 0.132. The minimum Gasteiger partial charge on any atom is -0.345 e. The first kappa shape index (κ1) is 17.1. The first-order valence-corrected chi connectivity index (χ1v) is 8.45. The molecule has 0 fully saturated rings. The monoisotopic (exact) mass is 352 g/mol. The Hall–Kier alpha value is -2.73. The second-order valence-corrected chi connectivity index (χ2v) is 6.49. The summed E-state index contributed by atoms with van der Waals surface area (Å²) in [7, 11) is 0. The van der Waals surface area contributed by atoms with E-state index in [1.807, 2.05) is 67.8 Å². The number of nitrogens with one attached hydrogen (secondary N) is 2. The first-order valence-electron chi connectivity index (χ1n) is 8.04. The van der Waals surface area contributed by atoms with Gasteiger partial charge in [0.15, 0.2) is 10.6 Å². The molecule has 0 saturated heterocycles. The number of rotatable bonds is 4. The fourth-order valence-corrected chi connectivity index (χ4v) is 2.88. The summed E-state index contributed by atoms with van der Waals surface area (Å²) in [4.78, 5) is 12.4. The molecular weight excluding hydrogens is 332 g/mol. The third-order valence-corrected chi connectivity index (χ3v) is 4.45. The number of carbonyl (C=O) groups excluding carboxylic acids is 1. The van der Waals surface area contributed by atoms with E-state index in [1.54, 1.807) is 0 Å². The van der Waals surface area contributed by atoms with Crippen LogP contribution in [0.15, 0.2) is 42.5 Å². The van der Waals surface area contributed by atoms with Gasteiger partial charge in [0.2, 0.25) is 0 Å². The molecule has 0 unspecified atom stereocenters. The summed E-state index contributed by atoms with van der Waals surface area (Å²) in [6, 6.07) is 13.7. The molecule has 0 bridgehead atoms. The topological polar surface area (TPSA) is 62.7 Å². The standard InChI is InChI=1S/C19H20N4OS/c1-12-5-4-6-16(9-12)23-17(21-22-19(23)25)11-20-18(24)15-8-7-13(2)14(3)10-15/h4-10H,11H2,1-3H3,(H,20,24)(H,22,25). The van der Waals surface area contributed by atoms with Gasteiger partial charge in [0, 0.05) is 11.3 Å². The number of benzene rings is 2. The van der Waals surface area contributed by atoms with Crippen molar-refractivity contribution >= 4 is 18.1 Å². The Morgan fingerprint density at radius 2 is 1.96 bits per heavy atom. The molecule has 0 radical (unpaired) electrons. The second kappa shape index (κ2) is 7.03. The van der Waals surface area contributed by atoms with Gasteiger partial charge in [-0.15, -0.1) is 0 Å². The summed E-state index contributed by atoms with van der Waals surface area (Å²) < 4.78 is 2.34. The Kier molecular flexibility index (Phi) is 4.81. The molecule has 3 rings (SSSR count). The molecule has 0 aliphatic carbocycles. The number of hydrogen-bond donors (Lipinski definition) is 2. The first-order chi connectivity index (χ1) is 12.0. The lowest BCUT2D eigenvalue weighted by atomic mass is 10.1. The van der Waals surface area contributed by atoms with Crippen molar-refractivity contribution in [2.75, 3.05) is 0 Å². The molecule has 0 spiro atoms. The van der Waals surface area contributed by atoms with Crippen molar-refractivity contribution in [2.24, 2.45) is 0 Å². The molecular formula is C19H20N4OS. The highest BCUT2D eigenvalue weighted by atomic mass is 32.1. The van der Waals surface area contributed by atoms with Crippen LogP contribution in [0.5, 0.6) is 0 Å². The molecule has 2 N–H and O–H groups in total. The maximum atomic E-state index is 12.4. The van der Waals surface area contributed by atoms with E-state index in [9.17, 15) is 4.79 Å². The Balaban J connectivity index is 1.81. The summed E-state index contributed by atoms with van der Waals surface area (Å²) in [5.41, 5.74) is 4.95. The predicted octanol–water partition coefficient (Wildman–Crippen LogP) is 3.79. The molecule has 5 nitrogen and oxygen atoms in total. The van der Waals surface area contributed by atoms with E-state index >= 15 is 0 Å². The average molecular weight is 352 g/mol. The van der Waals surface area contributed by atoms with Crippen LogP contribution in [0.25, 0.3) is 5.69 Å². The number of H-pyrrole nitrogens is 1. The third-order valence-electron chi connectivity index (χ3n) is 4.18. The van der Waals surface area contributed by atoms with Gasteiger partial charge >= 0.3 is 0 Å². The van der Waals surface area contributed by atoms with E-state index in [0.29, 0.717) is 16.2 Å². The molecule has 25 heavy (non-hydrogen) atoms. The van der Waals surface area contributed by atoms with Crippen LogP contribution in [0.3, 0.4) is 0 Å². The average Bonchev–Trinajstić information content (AvgIpc) is 2.96. The zero-order valence-corrected chi connectivity index (χ0v) is 15.3. The van der Waals surface area contributed by atoms with Crippen LogP contribution in [-0.2, 0) is 6.54 Å². The number of carbonyl (C=O) groups is 1. The molecule has 0 aliphatic rings. The van der Waals surface area contributed by atoms with Gasteiger partial charge in [-0.05, 0) is 73.9 Å². The van der Waals surface area contributed by atoms with Crippen molar-refractivity contribution in [1.82, 2.24) is 20.1 Å². The summed E-state index contributed by atoms with van der Waals surface area (Å²) in [6.07, 6.45) is 0. The molecule has 6 heteroatoms. The maximum Gasteiger partial charge on any atom is 0.251 e. The molecule has 1 amide bonds. The van der Waals surface area contributed by atoms with Crippen molar-refractivity contribution in [1.29, 1.82) is 0 Å². The second-order valence-electron chi connectivity index (χ2n) is 6.10. The maximum absolute atomic E-state index is 12.4. The van der Waals surface area contributed by atoms with Crippen molar-refractivity contribution in [3.8, 4) is 5.69 Å². The Morgan fingerprint density at radius 3 is 2.68 bits per heavy atom. The van der Waals surface area contributed by atoms with Crippen molar-refractivity contribution < 1.29 is 4.79 Å². The van der Waals surface area contributed by atoms with Crippen LogP contribution in [0, 0.1) is 25.5 Å². The van der Waals surface area contributed by atoms with Crippen LogP contribution >= 0.6 is 12.2 Å². The molecule has 3 aromatic rings. The summed E-state index contributed by atoms with van der Waals surface area (Å²) in [5.74, 6) is 0.528. The predicted molar refractivity (Wildman–Crippen MR) is 101 cm³/mol. The number of aromatic nitrogens is 3. The van der Waals surface area contributed by atoms with Crippen LogP contribution in [0.4, 0.5) is 0 Å². The number of amides is 1. The highest BCUT2D eigenvalue weighted by Crippen LogP contribution is 2.14. The fraction of sp³-hybridized carbons (Fsp3) is 0.211. The zero-order valence-electron chi connectivity index (χ0n) is 14.5. The number of nitrogens with zero attached hydrogens (tertiary/aromatic N) is 2. The van der Waals surface area contributed by atoms with Gasteiger partial charge in [0.05, 0.1) is 6.54 Å². The molecule has 128 valence electrons. The van der Waals surface area contributed by atoms with E-state index in [1.165, 1.54) is 0 Å². The fourth-order valence-electron chi connectivity index (χ4n) is 2.63. The zero-order chi connectivity index (χ0) is 18.0. The highest BCUT2D eigenvalue weighted by molar-refractivity contribution is 7.71. The molecule has 0 saturated carbocycles. The molecule has 0 aliphatic heterocycles. The van der Waals surface area contributed by atoms with Crippen molar-refractivity contribution in [3.05, 3.63) is 75.3 Å². The Labute approximate surface area is 151 Å². The Morgan fingerprint density at radius 1 is 1.16 bits per heavy atom. The third kappa shape index (κ3) is 3.69. The molecule has 2 aromatic carbocycles. The number of aryl methyl sites for hydroxylation is 3. The highest BCUT2D eigenvalue weighted by Gasteiger charge is 2.11. The molecule has 0 atom stereocenters. The lowest BCUT2D eigenvalue weighted by Crippen LogP contribution is -2.24. The van der Waals surface area contributed by atoms with E-state index in [4.69, 9.17) is 12.2 Å². The van der Waals surface area contributed by atoms with E-state index in [2.05, 4.69) is 15.5 Å². The van der Waals surface area contributed by atoms with Crippen molar-refractivity contribution in [3.63, 3.8) is 0 Å². The van der Waals surface area contributed by atoms with E-state index in [0.717, 1.165) is 22.4 Å². The smallest absolute Gasteiger partial charge is 0.251 e. The van der Waals surface area contributed by atoms with Crippen LogP contribution in [0.1, 0.15) is 32.9 Å². The Bertz CT molecular complexity index is 987. The molecule has 1 heterocycles. The van der Waals surface area contributed by atoms with Crippen LogP contribution in [-0.4, -0.2) is 20.7 Å². The van der Waals surface area contributed by atoms with Gasteiger partial charge in [-0.25, -0.2) is 0 Å². The summed E-state index contributed by atoms with van der Waals surface area (Å²) >= 11 is 5.34. The number of aromatic amines is 1. The minimum atomic E-state index is -0.132. The van der Waals surface area contributed by atoms with Gasteiger partial charge in [-0.2, -0.15) is 5.10 Å². The van der Waals surface area contributed by atoms with Crippen LogP contribution in [0.2, 0.25) is 0 Å². The number of hydrogen-bond acceptors (Lipinski definition) is 3. The lowest BCUT2D eigenvalue weighted by Gasteiger charge is -2.09. The van der Waals surface area contributed by atoms with Gasteiger partial charge in [0.1, 0.15) is 0 Å².